The number of pyridine rings is 1. The van der Waals surface area contributed by atoms with Crippen LogP contribution in [0.1, 0.15) is 31.1 Å². The summed E-state index contributed by atoms with van der Waals surface area (Å²) in [5, 5.41) is 7.90. The molecule has 0 saturated carbocycles. The standard InChI is InChI=1S/C21H21N5O2/c1-4-28-20(27)17-14(3)23-21-24-19(15-9-7-8-13(2)12-15)25-26(21)18(17)16-10-5-6-11-22-16/h5-12,18H,4H2,1-3H3,(H,23,24,25). The molecule has 0 radical (unpaired) electrons. The number of allylic oxidation sites excluding steroid dienone is 1. The molecule has 1 aliphatic rings. The molecule has 0 saturated heterocycles. The Morgan fingerprint density at radius 2 is 2.07 bits per heavy atom. The Labute approximate surface area is 163 Å². The van der Waals surface area contributed by atoms with E-state index in [4.69, 9.17) is 9.84 Å². The van der Waals surface area contributed by atoms with E-state index in [-0.39, 0.29) is 5.97 Å². The summed E-state index contributed by atoms with van der Waals surface area (Å²) in [5.74, 6) is 0.768. The molecule has 1 aliphatic heterocycles. The largest absolute Gasteiger partial charge is 0.463 e. The zero-order chi connectivity index (χ0) is 19.7. The van der Waals surface area contributed by atoms with Gasteiger partial charge >= 0.3 is 5.97 Å². The molecule has 7 nitrogen and oxygen atoms in total. The topological polar surface area (TPSA) is 81.9 Å². The van der Waals surface area contributed by atoms with Gasteiger partial charge in [0.05, 0.1) is 17.9 Å². The average Bonchev–Trinajstić information content (AvgIpc) is 3.11. The Kier molecular flexibility index (Phi) is 4.65. The van der Waals surface area contributed by atoms with E-state index in [1.54, 1.807) is 17.8 Å². The van der Waals surface area contributed by atoms with Crippen LogP contribution in [0.25, 0.3) is 11.4 Å². The van der Waals surface area contributed by atoms with Crippen LogP contribution in [0.4, 0.5) is 5.95 Å². The monoisotopic (exact) mass is 375 g/mol. The zero-order valence-electron chi connectivity index (χ0n) is 16.0. The first-order chi connectivity index (χ1) is 13.6. The maximum absolute atomic E-state index is 12.7. The molecular formula is C21H21N5O2. The lowest BCUT2D eigenvalue weighted by Crippen LogP contribution is -2.30. The van der Waals surface area contributed by atoms with Crippen molar-refractivity contribution in [1.29, 1.82) is 0 Å². The van der Waals surface area contributed by atoms with Crippen LogP contribution in [0, 0.1) is 6.92 Å². The number of nitrogens with one attached hydrogen (secondary N) is 1. The Morgan fingerprint density at radius 1 is 1.21 bits per heavy atom. The molecule has 0 spiro atoms. The van der Waals surface area contributed by atoms with Crippen molar-refractivity contribution in [3.63, 3.8) is 0 Å². The van der Waals surface area contributed by atoms with Gasteiger partial charge in [-0.3, -0.25) is 4.98 Å². The molecule has 7 heteroatoms. The number of nitrogens with zero attached hydrogens (tertiary/aromatic N) is 4. The molecule has 0 amide bonds. The minimum atomic E-state index is -0.512. The third-order valence-corrected chi connectivity index (χ3v) is 4.59. The van der Waals surface area contributed by atoms with Gasteiger partial charge in [-0.1, -0.05) is 29.8 Å². The number of aromatic nitrogens is 4. The number of hydrogen-bond acceptors (Lipinski definition) is 6. The first-order valence-corrected chi connectivity index (χ1v) is 9.18. The highest BCUT2D eigenvalue weighted by atomic mass is 16.5. The number of carbonyl (C=O) groups excluding carboxylic acids is 1. The van der Waals surface area contributed by atoms with Gasteiger partial charge in [0, 0.05) is 17.5 Å². The van der Waals surface area contributed by atoms with Crippen LogP contribution in [0.5, 0.6) is 0 Å². The molecule has 0 bridgehead atoms. The number of anilines is 1. The number of benzene rings is 1. The lowest BCUT2D eigenvalue weighted by atomic mass is 10.00. The predicted molar refractivity (Wildman–Crippen MR) is 106 cm³/mol. The molecule has 3 heterocycles. The van der Waals surface area contributed by atoms with Gasteiger partial charge in [-0.15, -0.1) is 5.10 Å². The minimum absolute atomic E-state index is 0.295. The van der Waals surface area contributed by atoms with Crippen LogP contribution in [-0.4, -0.2) is 32.3 Å². The maximum atomic E-state index is 12.7. The first-order valence-electron chi connectivity index (χ1n) is 9.18. The highest BCUT2D eigenvalue weighted by Gasteiger charge is 2.36. The second kappa shape index (κ2) is 7.26. The molecule has 1 N–H and O–H groups in total. The quantitative estimate of drug-likeness (QED) is 0.703. The molecule has 2 aromatic heterocycles. The highest BCUT2D eigenvalue weighted by Crippen LogP contribution is 2.35. The Bertz CT molecular complexity index is 1060. The van der Waals surface area contributed by atoms with Gasteiger partial charge in [0.1, 0.15) is 6.04 Å². The van der Waals surface area contributed by atoms with E-state index in [0.717, 1.165) is 11.1 Å². The summed E-state index contributed by atoms with van der Waals surface area (Å²) < 4.78 is 7.01. The van der Waals surface area contributed by atoms with Crippen molar-refractivity contribution in [3.8, 4) is 11.4 Å². The summed E-state index contributed by atoms with van der Waals surface area (Å²) >= 11 is 0. The molecule has 4 rings (SSSR count). The van der Waals surface area contributed by atoms with Crippen molar-refractivity contribution < 1.29 is 9.53 Å². The normalized spacial score (nSPS) is 15.8. The highest BCUT2D eigenvalue weighted by molar-refractivity contribution is 5.92. The molecule has 0 aliphatic carbocycles. The predicted octanol–water partition coefficient (Wildman–Crippen LogP) is 3.50. The van der Waals surface area contributed by atoms with Crippen LogP contribution in [-0.2, 0) is 9.53 Å². The van der Waals surface area contributed by atoms with Gasteiger partial charge in [-0.2, -0.15) is 4.98 Å². The number of ether oxygens (including phenoxy) is 1. The molecule has 0 fully saturated rings. The van der Waals surface area contributed by atoms with Gasteiger partial charge in [0.2, 0.25) is 5.95 Å². The van der Waals surface area contributed by atoms with E-state index in [1.807, 2.05) is 56.3 Å². The fourth-order valence-electron chi connectivity index (χ4n) is 3.34. The third kappa shape index (κ3) is 3.15. The van der Waals surface area contributed by atoms with Crippen molar-refractivity contribution in [2.45, 2.75) is 26.8 Å². The number of esters is 1. The average molecular weight is 375 g/mol. The summed E-state index contributed by atoms with van der Waals surface area (Å²) in [4.78, 5) is 21.8. The first kappa shape index (κ1) is 17.9. The van der Waals surface area contributed by atoms with Gasteiger partial charge in [0.15, 0.2) is 5.82 Å². The zero-order valence-corrected chi connectivity index (χ0v) is 16.0. The van der Waals surface area contributed by atoms with Crippen molar-refractivity contribution in [2.24, 2.45) is 0 Å². The van der Waals surface area contributed by atoms with E-state index < -0.39 is 6.04 Å². The van der Waals surface area contributed by atoms with Gasteiger partial charge < -0.3 is 10.1 Å². The van der Waals surface area contributed by atoms with E-state index in [2.05, 4.69) is 15.3 Å². The molecule has 142 valence electrons. The third-order valence-electron chi connectivity index (χ3n) is 4.59. The number of aryl methyl sites for hydroxylation is 1. The molecule has 3 aromatic rings. The summed E-state index contributed by atoms with van der Waals surface area (Å²) in [5.41, 5.74) is 3.91. The van der Waals surface area contributed by atoms with Crippen LogP contribution in [0.3, 0.4) is 0 Å². The van der Waals surface area contributed by atoms with Crippen LogP contribution < -0.4 is 5.32 Å². The smallest absolute Gasteiger partial charge is 0.338 e. The number of fused-ring (bicyclic) bond motifs is 1. The van der Waals surface area contributed by atoms with Crippen LogP contribution in [0.2, 0.25) is 0 Å². The molecule has 1 atom stereocenters. The Hall–Kier alpha value is -3.48. The second-order valence-corrected chi connectivity index (χ2v) is 6.61. The fourth-order valence-corrected chi connectivity index (χ4v) is 3.34. The van der Waals surface area contributed by atoms with Gasteiger partial charge in [0.25, 0.3) is 0 Å². The second-order valence-electron chi connectivity index (χ2n) is 6.61. The lowest BCUT2D eigenvalue weighted by Gasteiger charge is -2.27. The van der Waals surface area contributed by atoms with Crippen LogP contribution >= 0.6 is 0 Å². The Balaban J connectivity index is 1.86. The molecule has 28 heavy (non-hydrogen) atoms. The van der Waals surface area contributed by atoms with E-state index in [1.165, 1.54) is 0 Å². The van der Waals surface area contributed by atoms with Crippen molar-refractivity contribution in [1.82, 2.24) is 19.7 Å². The maximum Gasteiger partial charge on any atom is 0.338 e. The van der Waals surface area contributed by atoms with Gasteiger partial charge in [-0.05, 0) is 39.0 Å². The number of rotatable bonds is 4. The van der Waals surface area contributed by atoms with Crippen molar-refractivity contribution in [3.05, 3.63) is 71.2 Å². The van der Waals surface area contributed by atoms with Crippen LogP contribution in [0.15, 0.2) is 59.9 Å². The molecule has 1 aromatic carbocycles. The van der Waals surface area contributed by atoms with E-state index in [9.17, 15) is 4.79 Å². The van der Waals surface area contributed by atoms with Crippen molar-refractivity contribution >= 4 is 11.9 Å². The minimum Gasteiger partial charge on any atom is -0.463 e. The molecular weight excluding hydrogens is 354 g/mol. The number of carbonyl (C=O) groups is 1. The number of hydrogen-bond donors (Lipinski definition) is 1. The summed E-state index contributed by atoms with van der Waals surface area (Å²) in [6.07, 6.45) is 1.70. The fraction of sp³-hybridized carbons (Fsp3) is 0.238. The van der Waals surface area contributed by atoms with Crippen molar-refractivity contribution in [2.75, 3.05) is 11.9 Å². The van der Waals surface area contributed by atoms with Gasteiger partial charge in [-0.25, -0.2) is 9.48 Å². The summed E-state index contributed by atoms with van der Waals surface area (Å²) in [7, 11) is 0. The SMILES string of the molecule is CCOC(=O)C1=C(C)Nc2nc(-c3cccc(C)c3)nn2C1c1ccccn1. The molecule has 1 unspecified atom stereocenters. The van der Waals surface area contributed by atoms with E-state index >= 15 is 0 Å². The summed E-state index contributed by atoms with van der Waals surface area (Å²) in [6, 6.07) is 13.1. The Morgan fingerprint density at radius 3 is 2.79 bits per heavy atom. The summed E-state index contributed by atoms with van der Waals surface area (Å²) in [6.45, 7) is 5.95. The van der Waals surface area contributed by atoms with E-state index in [0.29, 0.717) is 35.3 Å². The lowest BCUT2D eigenvalue weighted by molar-refractivity contribution is -0.139.